The van der Waals surface area contributed by atoms with Crippen LogP contribution >= 0.6 is 0 Å². The number of hydrogen-bond acceptors (Lipinski definition) is 3. The zero-order valence-corrected chi connectivity index (χ0v) is 8.08. The number of aryl methyl sites for hydroxylation is 1. The Labute approximate surface area is 83.1 Å². The molecule has 0 bridgehead atoms. The summed E-state index contributed by atoms with van der Waals surface area (Å²) in [6, 6.07) is 5.91. The molecule has 0 spiro atoms. The number of hydrogen-bond donors (Lipinski definition) is 1. The van der Waals surface area contributed by atoms with Gasteiger partial charge in [-0.15, -0.1) is 0 Å². The highest BCUT2D eigenvalue weighted by atomic mass is 16.5. The van der Waals surface area contributed by atoms with Crippen molar-refractivity contribution < 1.29 is 4.74 Å². The van der Waals surface area contributed by atoms with E-state index >= 15 is 0 Å². The molecule has 72 valence electrons. The Bertz CT molecular complexity index is 406. The normalized spacial score (nSPS) is 18.8. The molecular weight excluding hydrogens is 176 g/mol. The van der Waals surface area contributed by atoms with Gasteiger partial charge in [0.15, 0.2) is 0 Å². The van der Waals surface area contributed by atoms with Crippen molar-refractivity contribution in [3.05, 3.63) is 28.8 Å². The minimum Gasteiger partial charge on any atom is -0.495 e. The molecule has 3 heteroatoms. The number of rotatable bonds is 1. The monoisotopic (exact) mass is 188 g/mol. The Hall–Kier alpha value is -1.53. The second-order valence-electron chi connectivity index (χ2n) is 3.48. The summed E-state index contributed by atoms with van der Waals surface area (Å²) >= 11 is 0. The predicted octanol–water partition coefficient (Wildman–Crippen LogP) is 1.51. The SMILES string of the molecule is COc1c(C#N)ccc2c1C(N)CC2. The molecule has 0 aromatic heterocycles. The topological polar surface area (TPSA) is 59.0 Å². The van der Waals surface area contributed by atoms with Crippen LogP contribution in [-0.2, 0) is 6.42 Å². The summed E-state index contributed by atoms with van der Waals surface area (Å²) in [7, 11) is 1.58. The molecule has 1 unspecified atom stereocenters. The molecule has 1 aromatic carbocycles. The first kappa shape index (κ1) is 9.04. The van der Waals surface area contributed by atoms with Crippen molar-refractivity contribution in [1.29, 1.82) is 5.26 Å². The van der Waals surface area contributed by atoms with E-state index in [0.717, 1.165) is 18.4 Å². The first-order valence-corrected chi connectivity index (χ1v) is 4.63. The maximum atomic E-state index is 8.90. The second-order valence-corrected chi connectivity index (χ2v) is 3.48. The first-order valence-electron chi connectivity index (χ1n) is 4.63. The highest BCUT2D eigenvalue weighted by Crippen LogP contribution is 2.38. The number of fused-ring (bicyclic) bond motifs is 1. The lowest BCUT2D eigenvalue weighted by molar-refractivity contribution is 0.405. The van der Waals surface area contributed by atoms with E-state index < -0.39 is 0 Å². The minimum atomic E-state index is 0.0215. The lowest BCUT2D eigenvalue weighted by atomic mass is 10.0. The van der Waals surface area contributed by atoms with Gasteiger partial charge >= 0.3 is 0 Å². The average molecular weight is 188 g/mol. The van der Waals surface area contributed by atoms with Crippen LogP contribution in [0.15, 0.2) is 12.1 Å². The van der Waals surface area contributed by atoms with E-state index in [1.807, 2.05) is 6.07 Å². The smallest absolute Gasteiger partial charge is 0.141 e. The van der Waals surface area contributed by atoms with Crippen molar-refractivity contribution in [3.8, 4) is 11.8 Å². The van der Waals surface area contributed by atoms with Gasteiger partial charge in [-0.25, -0.2) is 0 Å². The molecular formula is C11H12N2O. The fourth-order valence-corrected chi connectivity index (χ4v) is 2.03. The molecule has 0 heterocycles. The zero-order chi connectivity index (χ0) is 10.1. The molecule has 1 atom stereocenters. The number of ether oxygens (including phenoxy) is 1. The molecule has 14 heavy (non-hydrogen) atoms. The Morgan fingerprint density at radius 2 is 2.36 bits per heavy atom. The van der Waals surface area contributed by atoms with Gasteiger partial charge in [0.1, 0.15) is 11.8 Å². The van der Waals surface area contributed by atoms with E-state index in [-0.39, 0.29) is 6.04 Å². The lowest BCUT2D eigenvalue weighted by Crippen LogP contribution is -2.07. The van der Waals surface area contributed by atoms with Crippen LogP contribution in [0.2, 0.25) is 0 Å². The fraction of sp³-hybridized carbons (Fsp3) is 0.364. The molecule has 2 N–H and O–H groups in total. The Morgan fingerprint density at radius 1 is 1.57 bits per heavy atom. The standard InChI is InChI=1S/C11H12N2O/c1-14-11-8(6-12)3-2-7-4-5-9(13)10(7)11/h2-3,9H,4-5,13H2,1H3. The van der Waals surface area contributed by atoms with Gasteiger partial charge in [-0.1, -0.05) is 6.07 Å². The third-order valence-corrected chi connectivity index (χ3v) is 2.71. The summed E-state index contributed by atoms with van der Waals surface area (Å²) in [6.07, 6.45) is 1.93. The average Bonchev–Trinajstić information content (AvgIpc) is 2.59. The van der Waals surface area contributed by atoms with Crippen LogP contribution in [0.25, 0.3) is 0 Å². The number of nitriles is 1. The Kier molecular flexibility index (Phi) is 2.14. The van der Waals surface area contributed by atoms with Crippen LogP contribution in [0.1, 0.15) is 29.2 Å². The largest absolute Gasteiger partial charge is 0.495 e. The quantitative estimate of drug-likeness (QED) is 0.726. The van der Waals surface area contributed by atoms with E-state index in [0.29, 0.717) is 11.3 Å². The molecule has 3 nitrogen and oxygen atoms in total. The van der Waals surface area contributed by atoms with Crippen LogP contribution < -0.4 is 10.5 Å². The van der Waals surface area contributed by atoms with E-state index in [1.54, 1.807) is 13.2 Å². The second kappa shape index (κ2) is 3.32. The van der Waals surface area contributed by atoms with Crippen LogP contribution in [0.4, 0.5) is 0 Å². The summed E-state index contributed by atoms with van der Waals surface area (Å²) < 4.78 is 5.25. The van der Waals surface area contributed by atoms with Gasteiger partial charge in [-0.2, -0.15) is 5.26 Å². The summed E-state index contributed by atoms with van der Waals surface area (Å²) in [5, 5.41) is 8.90. The van der Waals surface area contributed by atoms with Gasteiger partial charge in [0.2, 0.25) is 0 Å². The van der Waals surface area contributed by atoms with E-state index in [2.05, 4.69) is 6.07 Å². The molecule has 0 saturated carbocycles. The van der Waals surface area contributed by atoms with Crippen molar-refractivity contribution in [1.82, 2.24) is 0 Å². The maximum Gasteiger partial charge on any atom is 0.141 e. The molecule has 1 aliphatic carbocycles. The van der Waals surface area contributed by atoms with Crippen LogP contribution in [0, 0.1) is 11.3 Å². The minimum absolute atomic E-state index is 0.0215. The maximum absolute atomic E-state index is 8.90. The molecule has 1 aromatic rings. The van der Waals surface area contributed by atoms with Gasteiger partial charge in [0.05, 0.1) is 12.7 Å². The van der Waals surface area contributed by atoms with Crippen molar-refractivity contribution in [2.24, 2.45) is 5.73 Å². The number of nitrogens with zero attached hydrogens (tertiary/aromatic N) is 1. The number of methoxy groups -OCH3 is 1. The van der Waals surface area contributed by atoms with Gasteiger partial charge < -0.3 is 10.5 Å². The van der Waals surface area contributed by atoms with Gasteiger partial charge in [-0.3, -0.25) is 0 Å². The summed E-state index contributed by atoms with van der Waals surface area (Å²) in [5.74, 6) is 0.662. The first-order chi connectivity index (χ1) is 6.77. The lowest BCUT2D eigenvalue weighted by Gasteiger charge is -2.12. The predicted molar refractivity (Wildman–Crippen MR) is 53.0 cm³/mol. The van der Waals surface area contributed by atoms with Gasteiger partial charge in [-0.05, 0) is 24.5 Å². The summed E-state index contributed by atoms with van der Waals surface area (Å²) in [6.45, 7) is 0. The number of benzene rings is 1. The molecule has 0 radical (unpaired) electrons. The fourth-order valence-electron chi connectivity index (χ4n) is 2.03. The third kappa shape index (κ3) is 1.16. The third-order valence-electron chi connectivity index (χ3n) is 2.71. The van der Waals surface area contributed by atoms with E-state index in [1.165, 1.54) is 5.56 Å². The summed E-state index contributed by atoms with van der Waals surface area (Å²) in [5.41, 5.74) is 8.77. The Balaban J connectivity index is 2.64. The molecule has 0 aliphatic heterocycles. The highest BCUT2D eigenvalue weighted by molar-refractivity contribution is 5.55. The van der Waals surface area contributed by atoms with Gasteiger partial charge in [0.25, 0.3) is 0 Å². The molecule has 0 amide bonds. The summed E-state index contributed by atoms with van der Waals surface area (Å²) in [4.78, 5) is 0. The molecule has 2 rings (SSSR count). The van der Waals surface area contributed by atoms with Crippen molar-refractivity contribution in [3.63, 3.8) is 0 Å². The van der Waals surface area contributed by atoms with Crippen molar-refractivity contribution in [2.45, 2.75) is 18.9 Å². The van der Waals surface area contributed by atoms with E-state index in [4.69, 9.17) is 15.7 Å². The van der Waals surface area contributed by atoms with E-state index in [9.17, 15) is 0 Å². The zero-order valence-electron chi connectivity index (χ0n) is 8.08. The molecule has 0 saturated heterocycles. The molecule has 0 fully saturated rings. The molecule has 1 aliphatic rings. The Morgan fingerprint density at radius 3 is 3.00 bits per heavy atom. The van der Waals surface area contributed by atoms with Crippen LogP contribution in [-0.4, -0.2) is 7.11 Å². The van der Waals surface area contributed by atoms with Crippen LogP contribution in [0.3, 0.4) is 0 Å². The van der Waals surface area contributed by atoms with Crippen molar-refractivity contribution >= 4 is 0 Å². The van der Waals surface area contributed by atoms with Crippen LogP contribution in [0.5, 0.6) is 5.75 Å². The highest BCUT2D eigenvalue weighted by Gasteiger charge is 2.24. The van der Waals surface area contributed by atoms with Crippen molar-refractivity contribution in [2.75, 3.05) is 7.11 Å². The number of nitrogens with two attached hydrogens (primary N) is 1. The van der Waals surface area contributed by atoms with Gasteiger partial charge in [0, 0.05) is 11.6 Å².